The maximum atomic E-state index is 11.9. The molecule has 1 heterocycles. The number of hydrogen-bond donors (Lipinski definition) is 2. The molecule has 1 fully saturated rings. The second-order valence-corrected chi connectivity index (χ2v) is 6.03. The maximum Gasteiger partial charge on any atom is 0.251 e. The topological polar surface area (TPSA) is 70.7 Å². The molecule has 0 unspecified atom stereocenters. The molecule has 0 aliphatic carbocycles. The van der Waals surface area contributed by atoms with Gasteiger partial charge >= 0.3 is 0 Å². The molecule has 2 rings (SSSR count). The van der Waals surface area contributed by atoms with Gasteiger partial charge < -0.3 is 16.0 Å². The Kier molecular flexibility index (Phi) is 9.75. The van der Waals surface area contributed by atoms with Crippen LogP contribution in [0.25, 0.3) is 0 Å². The summed E-state index contributed by atoms with van der Waals surface area (Å²) in [5, 5.41) is 2.92. The number of nitrogens with zero attached hydrogens (tertiary/aromatic N) is 2. The summed E-state index contributed by atoms with van der Waals surface area (Å²) >= 11 is 0. The Bertz CT molecular complexity index is 524. The molecule has 0 bridgehead atoms. The van der Waals surface area contributed by atoms with Gasteiger partial charge in [-0.2, -0.15) is 0 Å². The summed E-state index contributed by atoms with van der Waals surface area (Å²) in [4.78, 5) is 18.6. The Morgan fingerprint density at radius 1 is 1.21 bits per heavy atom. The Morgan fingerprint density at radius 3 is 2.50 bits per heavy atom. The molecule has 0 spiro atoms. The number of rotatable bonds is 6. The fourth-order valence-electron chi connectivity index (χ4n) is 2.64. The van der Waals surface area contributed by atoms with Crippen LogP contribution < -0.4 is 11.1 Å². The Balaban J connectivity index is 0.00000288. The number of amides is 1. The van der Waals surface area contributed by atoms with E-state index in [-0.39, 0.29) is 29.9 Å². The van der Waals surface area contributed by atoms with E-state index in [9.17, 15) is 4.79 Å². The van der Waals surface area contributed by atoms with Crippen LogP contribution >= 0.6 is 24.0 Å². The van der Waals surface area contributed by atoms with E-state index in [0.29, 0.717) is 18.1 Å². The van der Waals surface area contributed by atoms with Crippen LogP contribution in [0.15, 0.2) is 29.3 Å². The highest BCUT2D eigenvalue weighted by molar-refractivity contribution is 14.0. The SMILES string of the molecule is CCCCNC(=O)c1ccc(CN=C(N)N2CCCCC2)cc1.I. The minimum absolute atomic E-state index is 0. The van der Waals surface area contributed by atoms with E-state index < -0.39 is 0 Å². The van der Waals surface area contributed by atoms with Gasteiger partial charge in [-0.1, -0.05) is 25.5 Å². The molecule has 5 nitrogen and oxygen atoms in total. The van der Waals surface area contributed by atoms with Gasteiger partial charge in [0.2, 0.25) is 0 Å². The van der Waals surface area contributed by atoms with Gasteiger partial charge in [-0.25, -0.2) is 4.99 Å². The smallest absolute Gasteiger partial charge is 0.251 e. The zero-order valence-corrected chi connectivity index (χ0v) is 16.8. The number of aliphatic imine (C=N–C) groups is 1. The van der Waals surface area contributed by atoms with Crippen LogP contribution in [0.2, 0.25) is 0 Å². The molecule has 3 N–H and O–H groups in total. The standard InChI is InChI=1S/C18H28N4O.HI/c1-2-3-11-20-17(23)16-9-7-15(8-10-16)14-21-18(19)22-12-5-4-6-13-22;/h7-10H,2-6,11-14H2,1H3,(H2,19,21)(H,20,23);1H. The number of benzene rings is 1. The van der Waals surface area contributed by atoms with Gasteiger partial charge in [0, 0.05) is 25.2 Å². The van der Waals surface area contributed by atoms with Crippen molar-refractivity contribution >= 4 is 35.8 Å². The number of carbonyl (C=O) groups excluding carboxylic acids is 1. The van der Waals surface area contributed by atoms with E-state index in [2.05, 4.69) is 22.1 Å². The first-order chi connectivity index (χ1) is 11.2. The van der Waals surface area contributed by atoms with Crippen LogP contribution in [0.1, 0.15) is 54.9 Å². The lowest BCUT2D eigenvalue weighted by Crippen LogP contribution is -2.40. The summed E-state index contributed by atoms with van der Waals surface area (Å²) in [5.74, 6) is 0.618. The van der Waals surface area contributed by atoms with Crippen molar-refractivity contribution in [3.63, 3.8) is 0 Å². The minimum atomic E-state index is -0.0127. The molecular weight excluding hydrogens is 415 g/mol. The van der Waals surface area contributed by atoms with Crippen molar-refractivity contribution in [2.75, 3.05) is 19.6 Å². The number of nitrogens with two attached hydrogens (primary N) is 1. The Labute approximate surface area is 162 Å². The van der Waals surface area contributed by atoms with Crippen molar-refractivity contribution < 1.29 is 4.79 Å². The van der Waals surface area contributed by atoms with Gasteiger partial charge in [0.1, 0.15) is 0 Å². The largest absolute Gasteiger partial charge is 0.370 e. The van der Waals surface area contributed by atoms with Crippen molar-refractivity contribution in [2.24, 2.45) is 10.7 Å². The zero-order valence-electron chi connectivity index (χ0n) is 14.5. The molecule has 24 heavy (non-hydrogen) atoms. The summed E-state index contributed by atoms with van der Waals surface area (Å²) < 4.78 is 0. The molecule has 1 amide bonds. The first-order valence-electron chi connectivity index (χ1n) is 8.62. The molecular formula is C18H29IN4O. The molecule has 0 aromatic heterocycles. The number of nitrogens with one attached hydrogen (secondary N) is 1. The summed E-state index contributed by atoms with van der Waals surface area (Å²) in [6.07, 6.45) is 5.76. The van der Waals surface area contributed by atoms with Crippen molar-refractivity contribution in [3.05, 3.63) is 35.4 Å². The molecule has 0 atom stereocenters. The summed E-state index contributed by atoms with van der Waals surface area (Å²) in [6.45, 7) is 5.41. The van der Waals surface area contributed by atoms with Crippen LogP contribution in [-0.4, -0.2) is 36.4 Å². The van der Waals surface area contributed by atoms with Gasteiger partial charge in [0.25, 0.3) is 5.91 Å². The van der Waals surface area contributed by atoms with Crippen molar-refractivity contribution in [2.45, 2.75) is 45.6 Å². The third kappa shape index (κ3) is 6.67. The highest BCUT2D eigenvalue weighted by atomic mass is 127. The Morgan fingerprint density at radius 2 is 1.88 bits per heavy atom. The number of unbranched alkanes of at least 4 members (excludes halogenated alkanes) is 1. The fourth-order valence-corrected chi connectivity index (χ4v) is 2.64. The molecule has 0 saturated carbocycles. The highest BCUT2D eigenvalue weighted by Crippen LogP contribution is 2.09. The predicted molar refractivity (Wildman–Crippen MR) is 110 cm³/mol. The normalized spacial score (nSPS) is 14.9. The molecule has 1 aromatic carbocycles. The molecule has 134 valence electrons. The second kappa shape index (κ2) is 11.3. The molecule has 6 heteroatoms. The summed E-state index contributed by atoms with van der Waals surface area (Å²) in [6, 6.07) is 7.59. The lowest BCUT2D eigenvalue weighted by Gasteiger charge is -2.27. The van der Waals surface area contributed by atoms with Gasteiger partial charge in [-0.05, 0) is 43.4 Å². The predicted octanol–water partition coefficient (Wildman–Crippen LogP) is 3.14. The number of likely N-dealkylation sites (tertiary alicyclic amines) is 1. The second-order valence-electron chi connectivity index (χ2n) is 6.03. The van der Waals surface area contributed by atoms with Gasteiger partial charge in [-0.3, -0.25) is 4.79 Å². The van der Waals surface area contributed by atoms with Crippen molar-refractivity contribution in [1.82, 2.24) is 10.2 Å². The van der Waals surface area contributed by atoms with Crippen molar-refractivity contribution in [3.8, 4) is 0 Å². The fraction of sp³-hybridized carbons (Fsp3) is 0.556. The molecule has 1 aromatic rings. The van der Waals surface area contributed by atoms with E-state index in [1.54, 1.807) is 0 Å². The van der Waals surface area contributed by atoms with Crippen molar-refractivity contribution in [1.29, 1.82) is 0 Å². The number of hydrogen-bond acceptors (Lipinski definition) is 2. The van der Waals surface area contributed by atoms with Gasteiger partial charge in [-0.15, -0.1) is 24.0 Å². The van der Waals surface area contributed by atoms with E-state index in [1.807, 2.05) is 24.3 Å². The average molecular weight is 444 g/mol. The number of guanidine groups is 1. The van der Waals surface area contributed by atoms with Gasteiger partial charge in [0.15, 0.2) is 5.96 Å². The van der Waals surface area contributed by atoms with E-state index in [1.165, 1.54) is 19.3 Å². The maximum absolute atomic E-state index is 11.9. The minimum Gasteiger partial charge on any atom is -0.370 e. The number of carbonyl (C=O) groups is 1. The number of piperidine rings is 1. The number of halogens is 1. The van der Waals surface area contributed by atoms with Crippen LogP contribution in [0, 0.1) is 0 Å². The van der Waals surface area contributed by atoms with E-state index in [4.69, 9.17) is 5.73 Å². The molecule has 1 saturated heterocycles. The van der Waals surface area contributed by atoms with Gasteiger partial charge in [0.05, 0.1) is 6.54 Å². The van der Waals surface area contributed by atoms with Crippen LogP contribution in [0.3, 0.4) is 0 Å². The Hall–Kier alpha value is -1.31. The summed E-state index contributed by atoms with van der Waals surface area (Å²) in [5.41, 5.74) is 7.81. The first kappa shape index (κ1) is 20.7. The highest BCUT2D eigenvalue weighted by Gasteiger charge is 2.11. The lowest BCUT2D eigenvalue weighted by molar-refractivity contribution is 0.0953. The molecule has 0 radical (unpaired) electrons. The van der Waals surface area contributed by atoms with Crippen LogP contribution in [0.4, 0.5) is 0 Å². The lowest BCUT2D eigenvalue weighted by atomic mass is 10.1. The first-order valence-corrected chi connectivity index (χ1v) is 8.62. The molecule has 1 aliphatic heterocycles. The van der Waals surface area contributed by atoms with Crippen LogP contribution in [-0.2, 0) is 6.54 Å². The molecule has 1 aliphatic rings. The van der Waals surface area contributed by atoms with Crippen LogP contribution in [0.5, 0.6) is 0 Å². The third-order valence-electron chi connectivity index (χ3n) is 4.14. The van der Waals surface area contributed by atoms with E-state index in [0.717, 1.165) is 38.0 Å². The average Bonchev–Trinajstić information content (AvgIpc) is 2.61. The zero-order chi connectivity index (χ0) is 16.5. The monoisotopic (exact) mass is 444 g/mol. The van der Waals surface area contributed by atoms with E-state index >= 15 is 0 Å². The summed E-state index contributed by atoms with van der Waals surface area (Å²) in [7, 11) is 0. The quantitative estimate of drug-likeness (QED) is 0.307. The third-order valence-corrected chi connectivity index (χ3v) is 4.14.